The zero-order chi connectivity index (χ0) is 48.7. The molecule has 0 N–H and O–H groups in total. The van der Waals surface area contributed by atoms with E-state index in [2.05, 4.69) is 44.9 Å². The van der Waals surface area contributed by atoms with Crippen LogP contribution in [0.15, 0.2) is 91.0 Å². The fraction of sp³-hybridized carbons (Fsp3) is 0.200. The highest BCUT2D eigenvalue weighted by molar-refractivity contribution is 6.28. The lowest BCUT2D eigenvalue weighted by molar-refractivity contribution is -0.146. The van der Waals surface area contributed by atoms with Gasteiger partial charge in [-0.3, -0.25) is 0 Å². The van der Waals surface area contributed by atoms with Crippen molar-refractivity contribution in [1.29, 1.82) is 0 Å². The van der Waals surface area contributed by atoms with Crippen molar-refractivity contribution >= 4 is 52.7 Å². The maximum absolute atomic E-state index is 11.8. The number of rotatable bonds is 21. The first-order chi connectivity index (χ1) is 33.4. The molecule has 0 atom stereocenters. The van der Waals surface area contributed by atoms with E-state index < -0.39 is 37.7 Å². The second kappa shape index (κ2) is 23.6. The normalized spacial score (nSPS) is 10.7. The predicted octanol–water partition coefficient (Wildman–Crippen LogP) is 8.41. The van der Waals surface area contributed by atoms with Crippen LogP contribution < -0.4 is 28.4 Å². The summed E-state index contributed by atoms with van der Waals surface area (Å²) < 4.78 is 48.1. The highest BCUT2D eigenvalue weighted by atomic mass is 35.5. The number of carbonyl (C=O) groups excluding carboxylic acids is 3. The quantitative estimate of drug-likeness (QED) is 0.0484. The van der Waals surface area contributed by atoms with Gasteiger partial charge in [0, 0.05) is 0 Å². The molecule has 3 heterocycles. The Labute approximate surface area is 407 Å². The molecule has 0 saturated heterocycles. The fourth-order valence-corrected chi connectivity index (χ4v) is 6.28. The van der Waals surface area contributed by atoms with E-state index in [1.165, 1.54) is 0 Å². The van der Waals surface area contributed by atoms with Crippen molar-refractivity contribution in [1.82, 2.24) is 44.9 Å². The van der Waals surface area contributed by atoms with E-state index in [-0.39, 0.29) is 71.7 Å². The van der Waals surface area contributed by atoms with E-state index in [1.54, 1.807) is 57.2 Å². The molecule has 24 heteroatoms. The Bertz CT molecular complexity index is 2600. The smallest absolute Gasteiger partial charge is 0.344 e. The molecule has 0 amide bonds. The SMILES string of the molecule is CCOC(=O)COc1nc(Cl)nc(Oc2ccc(-c3cc(-c4ccc(Oc5nc(Cl)nc(OCC(=O)OCC)n5)cc4)cc(-c4ccc(Oc5nc(Cl)nc(OCC(=O)OCC)n5)cc4)c3)cc2)n1. The third-order valence-electron chi connectivity index (χ3n) is 8.70. The molecule has 7 rings (SSSR count). The third kappa shape index (κ3) is 14.5. The van der Waals surface area contributed by atoms with Crippen LogP contribution in [0.2, 0.25) is 15.9 Å². The number of ether oxygens (including phenoxy) is 9. The zero-order valence-electron chi connectivity index (χ0n) is 36.5. The second-order valence-corrected chi connectivity index (χ2v) is 14.5. The van der Waals surface area contributed by atoms with Crippen LogP contribution in [0, 0.1) is 0 Å². The lowest BCUT2D eigenvalue weighted by Gasteiger charge is -2.13. The lowest BCUT2D eigenvalue weighted by Crippen LogP contribution is -2.16. The van der Waals surface area contributed by atoms with Crippen LogP contribution in [-0.2, 0) is 28.6 Å². The van der Waals surface area contributed by atoms with E-state index in [4.69, 9.17) is 77.4 Å². The van der Waals surface area contributed by atoms with E-state index in [1.807, 2.05) is 54.6 Å². The minimum absolute atomic E-state index is 0.159. The molecule has 21 nitrogen and oxygen atoms in total. The summed E-state index contributed by atoms with van der Waals surface area (Å²) in [5.74, 6) is -0.707. The molecule has 0 saturated carbocycles. The van der Waals surface area contributed by atoms with Crippen LogP contribution in [0.3, 0.4) is 0 Å². The van der Waals surface area contributed by atoms with Crippen LogP contribution in [0.4, 0.5) is 0 Å². The summed E-state index contributed by atoms with van der Waals surface area (Å²) in [5, 5.41) is -0.619. The first-order valence-electron chi connectivity index (χ1n) is 20.5. The molecular formula is C45H36Cl3N9O12. The summed E-state index contributed by atoms with van der Waals surface area (Å²) in [6, 6.07) is 26.3. The zero-order valence-corrected chi connectivity index (χ0v) is 38.7. The summed E-state index contributed by atoms with van der Waals surface area (Å²) >= 11 is 18.3. The molecule has 0 bridgehead atoms. The van der Waals surface area contributed by atoms with Crippen LogP contribution in [0.1, 0.15) is 20.8 Å². The summed E-state index contributed by atoms with van der Waals surface area (Å²) in [4.78, 5) is 71.2. The number of carbonyl (C=O) groups is 3. The number of hydrogen-bond acceptors (Lipinski definition) is 21. The van der Waals surface area contributed by atoms with Gasteiger partial charge in [-0.1, -0.05) is 36.4 Å². The first-order valence-corrected chi connectivity index (χ1v) is 21.6. The monoisotopic (exact) mass is 999 g/mol. The molecule has 0 spiro atoms. The van der Waals surface area contributed by atoms with Gasteiger partial charge in [-0.25, -0.2) is 14.4 Å². The van der Waals surface area contributed by atoms with Crippen molar-refractivity contribution in [2.24, 2.45) is 0 Å². The first kappa shape index (κ1) is 48.9. The standard InChI is InChI=1S/C45H36Cl3N9O12/c1-4-61-34(58)22-64-40-49-37(46)52-43(55-40)67-31-13-7-25(8-14-31)28-19-29(26-9-15-32(16-10-26)68-44-53-38(47)50-41(56-44)65-23-35(59)62-5-2)21-30(20-28)27-11-17-33(18-12-27)69-45-54-39(48)51-42(57-45)66-24-36(60)63-6-3/h7-21H,4-6,22-24H2,1-3H3. The molecule has 69 heavy (non-hydrogen) atoms. The topological polar surface area (TPSA) is 250 Å². The third-order valence-corrected chi connectivity index (χ3v) is 9.21. The Morgan fingerprint density at radius 3 is 0.855 bits per heavy atom. The second-order valence-electron chi connectivity index (χ2n) is 13.5. The van der Waals surface area contributed by atoms with Gasteiger partial charge in [0.2, 0.25) is 15.9 Å². The van der Waals surface area contributed by atoms with Crippen molar-refractivity contribution in [3.8, 4) is 86.7 Å². The average Bonchev–Trinajstić information content (AvgIpc) is 3.32. The van der Waals surface area contributed by atoms with Gasteiger partial charge in [-0.2, -0.15) is 29.9 Å². The molecule has 0 aliphatic rings. The number of nitrogens with zero attached hydrogens (tertiary/aromatic N) is 9. The Morgan fingerprint density at radius 1 is 0.362 bits per heavy atom. The van der Waals surface area contributed by atoms with Crippen LogP contribution >= 0.6 is 34.8 Å². The molecule has 354 valence electrons. The van der Waals surface area contributed by atoms with E-state index in [9.17, 15) is 14.4 Å². The minimum atomic E-state index is -0.605. The molecule has 0 radical (unpaired) electrons. The Morgan fingerprint density at radius 2 is 0.609 bits per heavy atom. The summed E-state index contributed by atoms with van der Waals surface area (Å²) in [7, 11) is 0. The number of halogens is 3. The minimum Gasteiger partial charge on any atom is -0.463 e. The molecule has 0 aliphatic heterocycles. The van der Waals surface area contributed by atoms with E-state index >= 15 is 0 Å². The highest BCUT2D eigenvalue weighted by Crippen LogP contribution is 2.36. The summed E-state index contributed by atoms with van der Waals surface area (Å²) in [6.07, 6.45) is 0. The molecular weight excluding hydrogens is 965 g/mol. The Hall–Kier alpha value is -8.01. The molecule has 3 aromatic heterocycles. The van der Waals surface area contributed by atoms with E-state index in [0.29, 0.717) is 17.2 Å². The number of hydrogen-bond donors (Lipinski definition) is 0. The fourth-order valence-electron chi connectivity index (χ4n) is 5.84. The van der Waals surface area contributed by atoms with Crippen molar-refractivity contribution in [2.45, 2.75) is 20.8 Å². The molecule has 0 unspecified atom stereocenters. The lowest BCUT2D eigenvalue weighted by atomic mass is 9.93. The molecule has 0 fully saturated rings. The highest BCUT2D eigenvalue weighted by Gasteiger charge is 2.16. The Balaban J connectivity index is 1.14. The average molecular weight is 1000 g/mol. The molecule has 0 aliphatic carbocycles. The maximum atomic E-state index is 11.8. The van der Waals surface area contributed by atoms with Gasteiger partial charge < -0.3 is 42.6 Å². The Kier molecular flexibility index (Phi) is 16.8. The van der Waals surface area contributed by atoms with E-state index in [0.717, 1.165) is 33.4 Å². The van der Waals surface area contributed by atoms with Gasteiger partial charge in [0.05, 0.1) is 19.8 Å². The number of aromatic nitrogens is 9. The molecule has 7 aromatic rings. The number of esters is 3. The van der Waals surface area contributed by atoms with Gasteiger partial charge >= 0.3 is 54.0 Å². The van der Waals surface area contributed by atoms with Crippen molar-refractivity contribution in [2.75, 3.05) is 39.6 Å². The maximum Gasteiger partial charge on any atom is 0.344 e. The predicted molar refractivity (Wildman–Crippen MR) is 244 cm³/mol. The van der Waals surface area contributed by atoms with Gasteiger partial charge in [0.1, 0.15) is 17.2 Å². The van der Waals surface area contributed by atoms with Crippen molar-refractivity contribution < 1.29 is 57.0 Å². The van der Waals surface area contributed by atoms with Crippen molar-refractivity contribution in [3.63, 3.8) is 0 Å². The van der Waals surface area contributed by atoms with Gasteiger partial charge in [0.15, 0.2) is 19.8 Å². The van der Waals surface area contributed by atoms with Crippen LogP contribution in [0.5, 0.6) is 53.3 Å². The van der Waals surface area contributed by atoms with Crippen LogP contribution in [-0.4, -0.2) is 102 Å². The van der Waals surface area contributed by atoms with Crippen molar-refractivity contribution in [3.05, 3.63) is 107 Å². The van der Waals surface area contributed by atoms with Crippen LogP contribution in [0.25, 0.3) is 33.4 Å². The largest absolute Gasteiger partial charge is 0.463 e. The molecule has 4 aromatic carbocycles. The summed E-state index contributed by atoms with van der Waals surface area (Å²) in [5.41, 5.74) is 4.95. The van der Waals surface area contributed by atoms with Gasteiger partial charge in [-0.15, -0.1) is 15.0 Å². The summed E-state index contributed by atoms with van der Waals surface area (Å²) in [6.45, 7) is 4.27. The van der Waals surface area contributed by atoms with Gasteiger partial charge in [0.25, 0.3) is 0 Å². The van der Waals surface area contributed by atoms with Gasteiger partial charge in [-0.05, 0) is 144 Å². The number of benzene rings is 4.